The molecule has 1 fully saturated rings. The van der Waals surface area contributed by atoms with Gasteiger partial charge in [0.05, 0.1) is 0 Å². The van der Waals surface area contributed by atoms with E-state index in [1.807, 2.05) is 0 Å². The van der Waals surface area contributed by atoms with Crippen molar-refractivity contribution < 1.29 is 23.1 Å². The number of carbonyl (C=O) groups excluding carboxylic acids is 2. The zero-order valence-electron chi connectivity index (χ0n) is 17.0. The first-order valence-electron chi connectivity index (χ1n) is 10.0. The lowest BCUT2D eigenvalue weighted by atomic mass is 9.99. The summed E-state index contributed by atoms with van der Waals surface area (Å²) in [6, 6.07) is 10.9. The number of carbonyl (C=O) groups is 2. The van der Waals surface area contributed by atoms with Crippen LogP contribution in [-0.4, -0.2) is 46.6 Å². The summed E-state index contributed by atoms with van der Waals surface area (Å²) in [4.78, 5) is 26.7. The van der Waals surface area contributed by atoms with E-state index in [4.69, 9.17) is 4.74 Å². The van der Waals surface area contributed by atoms with Crippen molar-refractivity contribution in [1.82, 2.24) is 15.1 Å². The van der Waals surface area contributed by atoms with E-state index in [2.05, 4.69) is 15.5 Å². The normalized spacial score (nSPS) is 15.9. The Morgan fingerprint density at radius 2 is 1.75 bits per heavy atom. The Kier molecular flexibility index (Phi) is 6.69. The van der Waals surface area contributed by atoms with Gasteiger partial charge in [0.25, 0.3) is 11.8 Å². The van der Waals surface area contributed by atoms with Gasteiger partial charge in [-0.1, -0.05) is 11.3 Å². The second-order valence-electron chi connectivity index (χ2n) is 7.33. The van der Waals surface area contributed by atoms with Crippen LogP contribution in [0.15, 0.2) is 48.5 Å². The molecule has 2 amide bonds. The molecule has 0 saturated carbocycles. The van der Waals surface area contributed by atoms with Crippen LogP contribution in [0.5, 0.6) is 5.75 Å². The number of anilines is 1. The van der Waals surface area contributed by atoms with Gasteiger partial charge < -0.3 is 15.0 Å². The molecule has 2 aromatic carbocycles. The average Bonchev–Trinajstić information content (AvgIpc) is 3.31. The summed E-state index contributed by atoms with van der Waals surface area (Å²) < 4.78 is 31.4. The zero-order chi connectivity index (χ0) is 22.5. The van der Waals surface area contributed by atoms with E-state index in [0.29, 0.717) is 29.5 Å². The summed E-state index contributed by atoms with van der Waals surface area (Å²) in [5.74, 6) is -0.946. The molecule has 0 radical (unpaired) electrons. The number of halogens is 2. The van der Waals surface area contributed by atoms with Gasteiger partial charge in [-0.15, -0.1) is 10.2 Å². The number of likely N-dealkylation sites (tertiary alicyclic amines) is 1. The Morgan fingerprint density at radius 1 is 1.06 bits per heavy atom. The van der Waals surface area contributed by atoms with Gasteiger partial charge in [-0.05, 0) is 61.4 Å². The predicted molar refractivity (Wildman–Crippen MR) is 115 cm³/mol. The highest BCUT2D eigenvalue weighted by Gasteiger charge is 2.28. The summed E-state index contributed by atoms with van der Waals surface area (Å²) in [5.41, 5.74) is 0.462. The Labute approximate surface area is 187 Å². The van der Waals surface area contributed by atoms with E-state index in [0.717, 1.165) is 12.8 Å². The van der Waals surface area contributed by atoms with Gasteiger partial charge in [0.1, 0.15) is 22.4 Å². The molecule has 0 unspecified atom stereocenters. The SMILES string of the molecule is O=C(Nc1ccc(F)cc1)c1nnc([C@H]2CCCN(C(=O)COc3ccc(F)cc3)C2)s1. The fourth-order valence-corrected chi connectivity index (χ4v) is 4.25. The lowest BCUT2D eigenvalue weighted by Crippen LogP contribution is -2.41. The van der Waals surface area contributed by atoms with Crippen molar-refractivity contribution in [1.29, 1.82) is 0 Å². The average molecular weight is 458 g/mol. The molecule has 1 saturated heterocycles. The maximum atomic E-state index is 13.0. The van der Waals surface area contributed by atoms with E-state index in [9.17, 15) is 18.4 Å². The predicted octanol–water partition coefficient (Wildman–Crippen LogP) is 3.85. The van der Waals surface area contributed by atoms with Crippen LogP contribution in [0.25, 0.3) is 0 Å². The molecule has 32 heavy (non-hydrogen) atoms. The Hall–Kier alpha value is -3.40. The second kappa shape index (κ2) is 9.82. The summed E-state index contributed by atoms with van der Waals surface area (Å²) in [7, 11) is 0. The first-order chi connectivity index (χ1) is 15.5. The molecule has 1 atom stereocenters. The molecule has 10 heteroatoms. The fraction of sp³-hybridized carbons (Fsp3) is 0.273. The van der Waals surface area contributed by atoms with E-state index in [1.54, 1.807) is 4.90 Å². The van der Waals surface area contributed by atoms with Gasteiger partial charge in [-0.3, -0.25) is 9.59 Å². The van der Waals surface area contributed by atoms with Crippen molar-refractivity contribution in [2.45, 2.75) is 18.8 Å². The number of hydrogen-bond acceptors (Lipinski definition) is 6. The van der Waals surface area contributed by atoms with Crippen LogP contribution in [0.4, 0.5) is 14.5 Å². The minimum atomic E-state index is -0.420. The van der Waals surface area contributed by atoms with E-state index in [1.165, 1.54) is 59.9 Å². The molecule has 7 nitrogen and oxygen atoms in total. The van der Waals surface area contributed by atoms with E-state index in [-0.39, 0.29) is 35.1 Å². The molecule has 2 heterocycles. The molecule has 0 bridgehead atoms. The standard InChI is InChI=1S/C22H20F2N4O3S/c23-15-3-7-17(8-4-15)25-20(30)22-27-26-21(32-22)14-2-1-11-28(12-14)19(29)13-31-18-9-5-16(24)6-10-18/h3-10,14H,1-2,11-13H2,(H,25,30)/t14-/m0/s1. The first kappa shape index (κ1) is 21.8. The number of ether oxygens (including phenoxy) is 1. The minimum absolute atomic E-state index is 0.0246. The number of hydrogen-bond donors (Lipinski definition) is 1. The molecular weight excluding hydrogens is 438 g/mol. The summed E-state index contributed by atoms with van der Waals surface area (Å²) >= 11 is 1.18. The lowest BCUT2D eigenvalue weighted by molar-refractivity contribution is -0.134. The van der Waals surface area contributed by atoms with Crippen LogP contribution < -0.4 is 10.1 Å². The summed E-state index contributed by atoms with van der Waals surface area (Å²) in [6.07, 6.45) is 1.63. The largest absolute Gasteiger partial charge is 0.484 e. The highest BCUT2D eigenvalue weighted by atomic mass is 32.1. The number of nitrogens with zero attached hydrogens (tertiary/aromatic N) is 3. The maximum absolute atomic E-state index is 13.0. The number of benzene rings is 2. The zero-order valence-corrected chi connectivity index (χ0v) is 17.8. The number of piperidine rings is 1. The molecule has 1 aliphatic rings. The van der Waals surface area contributed by atoms with Crippen molar-refractivity contribution in [3.8, 4) is 5.75 Å². The van der Waals surface area contributed by atoms with Crippen molar-refractivity contribution in [2.24, 2.45) is 0 Å². The molecule has 1 N–H and O–H groups in total. The number of nitrogens with one attached hydrogen (secondary N) is 1. The van der Waals surface area contributed by atoms with Crippen LogP contribution in [0, 0.1) is 11.6 Å². The smallest absolute Gasteiger partial charge is 0.286 e. The van der Waals surface area contributed by atoms with E-state index < -0.39 is 5.91 Å². The Balaban J connectivity index is 1.33. The monoisotopic (exact) mass is 458 g/mol. The van der Waals surface area contributed by atoms with E-state index >= 15 is 0 Å². The van der Waals surface area contributed by atoms with Crippen molar-refractivity contribution in [3.05, 3.63) is 70.2 Å². The molecule has 0 aliphatic carbocycles. The Bertz CT molecular complexity index is 1090. The molecule has 166 valence electrons. The molecule has 4 rings (SSSR count). The van der Waals surface area contributed by atoms with Crippen molar-refractivity contribution in [2.75, 3.05) is 25.0 Å². The van der Waals surface area contributed by atoms with Gasteiger partial charge in [-0.2, -0.15) is 0 Å². The fourth-order valence-electron chi connectivity index (χ4n) is 3.38. The molecular formula is C22H20F2N4O3S. The van der Waals surface area contributed by atoms with Crippen LogP contribution >= 0.6 is 11.3 Å². The lowest BCUT2D eigenvalue weighted by Gasteiger charge is -2.31. The van der Waals surface area contributed by atoms with Crippen LogP contribution in [0.1, 0.15) is 33.6 Å². The topological polar surface area (TPSA) is 84.4 Å². The third-order valence-corrected chi connectivity index (χ3v) is 6.12. The molecule has 0 spiro atoms. The van der Waals surface area contributed by atoms with Crippen LogP contribution in [0.3, 0.4) is 0 Å². The van der Waals surface area contributed by atoms with Crippen molar-refractivity contribution in [3.63, 3.8) is 0 Å². The summed E-state index contributed by atoms with van der Waals surface area (Å²) in [6.45, 7) is 0.929. The highest BCUT2D eigenvalue weighted by molar-refractivity contribution is 7.13. The number of amides is 2. The molecule has 1 aromatic heterocycles. The van der Waals surface area contributed by atoms with Crippen LogP contribution in [0.2, 0.25) is 0 Å². The van der Waals surface area contributed by atoms with Crippen LogP contribution in [-0.2, 0) is 4.79 Å². The third-order valence-electron chi connectivity index (χ3n) is 5.04. The van der Waals surface area contributed by atoms with Gasteiger partial charge in [-0.25, -0.2) is 8.78 Å². The first-order valence-corrected chi connectivity index (χ1v) is 10.9. The quantitative estimate of drug-likeness (QED) is 0.607. The summed E-state index contributed by atoms with van der Waals surface area (Å²) in [5, 5.41) is 11.7. The number of aromatic nitrogens is 2. The minimum Gasteiger partial charge on any atom is -0.484 e. The van der Waals surface area contributed by atoms with Gasteiger partial charge >= 0.3 is 0 Å². The molecule has 1 aliphatic heterocycles. The maximum Gasteiger partial charge on any atom is 0.286 e. The third kappa shape index (κ3) is 5.44. The molecule has 3 aromatic rings. The Morgan fingerprint density at radius 3 is 2.47 bits per heavy atom. The highest BCUT2D eigenvalue weighted by Crippen LogP contribution is 2.29. The van der Waals surface area contributed by atoms with Gasteiger partial charge in [0, 0.05) is 24.7 Å². The van der Waals surface area contributed by atoms with Gasteiger partial charge in [0.15, 0.2) is 6.61 Å². The van der Waals surface area contributed by atoms with Crippen molar-refractivity contribution >= 4 is 28.8 Å². The van der Waals surface area contributed by atoms with Gasteiger partial charge in [0.2, 0.25) is 5.01 Å². The number of rotatable bonds is 6. The second-order valence-corrected chi connectivity index (χ2v) is 8.34.